The molecule has 5 nitrogen and oxygen atoms in total. The summed E-state index contributed by atoms with van der Waals surface area (Å²) in [6, 6.07) is 0.770. The Labute approximate surface area is 157 Å². The Morgan fingerprint density at radius 1 is 1.17 bits per heavy atom. The van der Waals surface area contributed by atoms with Crippen molar-refractivity contribution in [1.82, 2.24) is 24.6 Å². The number of rotatable bonds is 2. The normalized spacial score (nSPS) is 25.6. The van der Waals surface area contributed by atoms with Gasteiger partial charge in [0.1, 0.15) is 15.9 Å². The van der Waals surface area contributed by atoms with Gasteiger partial charge in [0.25, 0.3) is 0 Å². The van der Waals surface area contributed by atoms with Gasteiger partial charge < -0.3 is 5.32 Å². The summed E-state index contributed by atoms with van der Waals surface area (Å²) in [6.07, 6.45) is 9.00. The van der Waals surface area contributed by atoms with Gasteiger partial charge >= 0.3 is 0 Å². The fraction of sp³-hybridized carbons (Fsp3) is 0.647. The van der Waals surface area contributed by atoms with Gasteiger partial charge in [0.2, 0.25) is 0 Å². The molecule has 0 amide bonds. The third-order valence-electron chi connectivity index (χ3n) is 5.45. The van der Waals surface area contributed by atoms with Crippen LogP contribution in [0, 0.1) is 6.92 Å². The van der Waals surface area contributed by atoms with Crippen LogP contribution >= 0.6 is 28.3 Å². The van der Waals surface area contributed by atoms with Gasteiger partial charge in [-0.15, -0.1) is 12.4 Å². The zero-order valence-electron chi connectivity index (χ0n) is 14.0. The number of hydrogen-bond donors (Lipinski definition) is 1. The first kappa shape index (κ1) is 18.1. The van der Waals surface area contributed by atoms with E-state index in [1.54, 1.807) is 0 Å². The number of imidazole rings is 1. The molecule has 0 spiro atoms. The van der Waals surface area contributed by atoms with E-state index in [4.69, 9.17) is 4.98 Å². The molecule has 2 aromatic rings. The molecular formula is C17H25BrClN5. The van der Waals surface area contributed by atoms with Crippen molar-refractivity contribution in [2.45, 2.75) is 44.6 Å². The molecule has 1 saturated heterocycles. The van der Waals surface area contributed by atoms with E-state index in [1.165, 1.54) is 44.6 Å². The van der Waals surface area contributed by atoms with E-state index in [0.29, 0.717) is 5.92 Å². The Bertz CT molecular complexity index is 690. The molecule has 1 aliphatic heterocycles. The van der Waals surface area contributed by atoms with Gasteiger partial charge in [0.05, 0.1) is 5.69 Å². The van der Waals surface area contributed by atoms with Gasteiger partial charge in [-0.2, -0.15) is 0 Å². The Kier molecular flexibility index (Phi) is 5.80. The van der Waals surface area contributed by atoms with Crippen molar-refractivity contribution in [3.63, 3.8) is 0 Å². The molecule has 0 bridgehead atoms. The predicted octanol–water partition coefficient (Wildman–Crippen LogP) is 3.15. The molecule has 0 radical (unpaired) electrons. The molecule has 24 heavy (non-hydrogen) atoms. The maximum absolute atomic E-state index is 4.83. The lowest BCUT2D eigenvalue weighted by Crippen LogP contribution is -2.49. The van der Waals surface area contributed by atoms with Crippen LogP contribution in [0.2, 0.25) is 0 Å². The summed E-state index contributed by atoms with van der Waals surface area (Å²) in [5.74, 6) is 1.77. The van der Waals surface area contributed by atoms with Crippen LogP contribution in [0.3, 0.4) is 0 Å². The van der Waals surface area contributed by atoms with Crippen LogP contribution in [0.4, 0.5) is 0 Å². The molecule has 1 N–H and O–H groups in total. The fourth-order valence-electron chi connectivity index (χ4n) is 4.20. The number of aryl methyl sites for hydroxylation is 1. The van der Waals surface area contributed by atoms with E-state index in [2.05, 4.69) is 41.7 Å². The monoisotopic (exact) mass is 413 g/mol. The molecule has 7 heteroatoms. The minimum Gasteiger partial charge on any atom is -0.314 e. The highest BCUT2D eigenvalue weighted by Crippen LogP contribution is 2.36. The van der Waals surface area contributed by atoms with Crippen LogP contribution in [0.15, 0.2) is 17.0 Å². The van der Waals surface area contributed by atoms with E-state index < -0.39 is 0 Å². The van der Waals surface area contributed by atoms with Crippen LogP contribution in [0.5, 0.6) is 0 Å². The molecule has 132 valence electrons. The molecule has 1 aliphatic carbocycles. The summed E-state index contributed by atoms with van der Waals surface area (Å²) >= 11 is 3.62. The van der Waals surface area contributed by atoms with Gasteiger partial charge in [-0.3, -0.25) is 14.3 Å². The molecule has 1 saturated carbocycles. The molecule has 2 aliphatic rings. The second-order valence-electron chi connectivity index (χ2n) is 6.78. The summed E-state index contributed by atoms with van der Waals surface area (Å²) in [6.45, 7) is 6.75. The summed E-state index contributed by atoms with van der Waals surface area (Å²) < 4.78 is 3.17. The smallest absolute Gasteiger partial charge is 0.134 e. The lowest BCUT2D eigenvalue weighted by atomic mass is 9.84. The third kappa shape index (κ3) is 3.34. The number of piperazine rings is 1. The second-order valence-corrected chi connectivity index (χ2v) is 7.53. The average molecular weight is 415 g/mol. The summed E-state index contributed by atoms with van der Waals surface area (Å²) in [5, 5.41) is 3.45. The Morgan fingerprint density at radius 3 is 2.58 bits per heavy atom. The van der Waals surface area contributed by atoms with Crippen LogP contribution in [0.1, 0.15) is 43.1 Å². The summed E-state index contributed by atoms with van der Waals surface area (Å²) in [5.41, 5.74) is 2.15. The van der Waals surface area contributed by atoms with Gasteiger partial charge in [-0.1, -0.05) is 0 Å². The number of hydrogen-bond acceptors (Lipinski definition) is 4. The topological polar surface area (TPSA) is 45.5 Å². The van der Waals surface area contributed by atoms with E-state index in [1.807, 2.05) is 13.1 Å². The summed E-state index contributed by atoms with van der Waals surface area (Å²) in [4.78, 5) is 11.9. The van der Waals surface area contributed by atoms with Crippen molar-refractivity contribution in [3.05, 3.63) is 28.5 Å². The number of aromatic nitrogens is 3. The van der Waals surface area contributed by atoms with Gasteiger partial charge in [0.15, 0.2) is 0 Å². The van der Waals surface area contributed by atoms with Crippen LogP contribution in [-0.2, 0) is 0 Å². The zero-order valence-corrected chi connectivity index (χ0v) is 16.4. The second kappa shape index (κ2) is 7.68. The quantitative estimate of drug-likeness (QED) is 0.820. The van der Waals surface area contributed by atoms with E-state index in [-0.39, 0.29) is 12.4 Å². The van der Waals surface area contributed by atoms with Crippen molar-refractivity contribution in [2.24, 2.45) is 0 Å². The van der Waals surface area contributed by atoms with Crippen molar-refractivity contribution in [2.75, 3.05) is 26.2 Å². The van der Waals surface area contributed by atoms with Gasteiger partial charge in [-0.05, 0) is 48.5 Å². The Hall–Kier alpha value is -0.690. The Balaban J connectivity index is 0.00000169. The lowest BCUT2D eigenvalue weighted by Gasteiger charge is -2.38. The molecule has 0 aromatic carbocycles. The Morgan fingerprint density at radius 2 is 1.88 bits per heavy atom. The highest BCUT2D eigenvalue weighted by molar-refractivity contribution is 9.10. The zero-order chi connectivity index (χ0) is 15.8. The predicted molar refractivity (Wildman–Crippen MR) is 102 cm³/mol. The molecule has 0 unspecified atom stereocenters. The minimum atomic E-state index is 0. The fourth-order valence-corrected chi connectivity index (χ4v) is 4.86. The molecule has 4 rings (SSSR count). The SMILES string of the molecule is Cc1nccn2c(C3CCC(N4CCNCC4)CC3)nc(Br)c12.Cl. The number of nitrogens with zero attached hydrogens (tertiary/aromatic N) is 4. The van der Waals surface area contributed by atoms with Gasteiger partial charge in [-0.25, -0.2) is 4.98 Å². The number of halogens is 2. The van der Waals surface area contributed by atoms with Crippen LogP contribution in [0.25, 0.3) is 5.52 Å². The van der Waals surface area contributed by atoms with E-state index >= 15 is 0 Å². The molecule has 3 heterocycles. The van der Waals surface area contributed by atoms with E-state index in [9.17, 15) is 0 Å². The number of fused-ring (bicyclic) bond motifs is 1. The first-order valence-electron chi connectivity index (χ1n) is 8.68. The summed E-state index contributed by atoms with van der Waals surface area (Å²) in [7, 11) is 0. The third-order valence-corrected chi connectivity index (χ3v) is 6.01. The van der Waals surface area contributed by atoms with Crippen molar-refractivity contribution in [1.29, 1.82) is 0 Å². The molecule has 2 fully saturated rings. The van der Waals surface area contributed by atoms with Crippen molar-refractivity contribution >= 4 is 33.9 Å². The molecule has 0 atom stereocenters. The number of nitrogens with one attached hydrogen (secondary N) is 1. The molecule has 2 aromatic heterocycles. The lowest BCUT2D eigenvalue weighted by molar-refractivity contribution is 0.132. The van der Waals surface area contributed by atoms with Crippen LogP contribution < -0.4 is 5.32 Å². The first-order valence-corrected chi connectivity index (χ1v) is 9.47. The highest BCUT2D eigenvalue weighted by Gasteiger charge is 2.29. The first-order chi connectivity index (χ1) is 11.2. The standard InChI is InChI=1S/C17H24BrN5.ClH/c1-12-15-16(18)21-17(23(15)11-8-20-12)13-2-4-14(5-3-13)22-9-6-19-7-10-22;/h8,11,13-14,19H,2-7,9-10H2,1H3;1H. The average Bonchev–Trinajstić information content (AvgIpc) is 2.94. The van der Waals surface area contributed by atoms with Crippen LogP contribution in [-0.4, -0.2) is 51.5 Å². The van der Waals surface area contributed by atoms with E-state index in [0.717, 1.165) is 34.9 Å². The maximum atomic E-state index is 4.83. The maximum Gasteiger partial charge on any atom is 0.134 e. The van der Waals surface area contributed by atoms with Crippen molar-refractivity contribution < 1.29 is 0 Å². The highest BCUT2D eigenvalue weighted by atomic mass is 79.9. The van der Waals surface area contributed by atoms with Gasteiger partial charge in [0, 0.05) is 50.5 Å². The molecular weight excluding hydrogens is 390 g/mol. The van der Waals surface area contributed by atoms with Crippen molar-refractivity contribution in [3.8, 4) is 0 Å². The largest absolute Gasteiger partial charge is 0.314 e. The minimum absolute atomic E-state index is 0.